The maximum Gasteiger partial charge on any atom is 0.414 e. The highest BCUT2D eigenvalue weighted by Crippen LogP contribution is 2.10. The summed E-state index contributed by atoms with van der Waals surface area (Å²) in [6.07, 6.45) is 5.88. The van der Waals surface area contributed by atoms with Crippen LogP contribution >= 0.6 is 0 Å². The van der Waals surface area contributed by atoms with Gasteiger partial charge >= 0.3 is 6.09 Å². The largest absolute Gasteiger partial charge is 0.471 e. The average Bonchev–Trinajstić information content (AvgIpc) is 2.27. The molecule has 0 N–H and O–H groups in total. The number of rotatable bonds is 0. The van der Waals surface area contributed by atoms with Crippen molar-refractivity contribution in [2.24, 2.45) is 0 Å². The second-order valence-electron chi connectivity index (χ2n) is 3.93. The van der Waals surface area contributed by atoms with Crippen molar-refractivity contribution in [1.82, 2.24) is 4.90 Å². The molecule has 0 bridgehead atoms. The van der Waals surface area contributed by atoms with E-state index < -0.39 is 5.60 Å². The van der Waals surface area contributed by atoms with Gasteiger partial charge in [-0.2, -0.15) is 0 Å². The summed E-state index contributed by atoms with van der Waals surface area (Å²) < 4.78 is 10.1. The van der Waals surface area contributed by atoms with Crippen LogP contribution in [0.2, 0.25) is 0 Å². The van der Waals surface area contributed by atoms with Crippen molar-refractivity contribution in [3.05, 3.63) is 24.8 Å². The average molecular weight is 197 g/mol. The molecule has 1 aliphatic heterocycles. The fourth-order valence-corrected chi connectivity index (χ4v) is 0.883. The van der Waals surface area contributed by atoms with E-state index in [9.17, 15) is 4.79 Å². The Kier molecular flexibility index (Phi) is 3.17. The maximum absolute atomic E-state index is 11.5. The van der Waals surface area contributed by atoms with Gasteiger partial charge in [-0.1, -0.05) is 0 Å². The molecule has 0 aromatic rings. The zero-order chi connectivity index (χ0) is 10.6. The van der Waals surface area contributed by atoms with Crippen LogP contribution in [0.1, 0.15) is 20.8 Å². The molecular formula is C10H15NO3. The van der Waals surface area contributed by atoms with Gasteiger partial charge in [0.05, 0.1) is 12.8 Å². The van der Waals surface area contributed by atoms with Crippen LogP contribution in [-0.4, -0.2) is 23.1 Å². The van der Waals surface area contributed by atoms with Crippen LogP contribution in [0.25, 0.3) is 0 Å². The molecule has 0 aromatic carbocycles. The minimum atomic E-state index is -0.470. The van der Waals surface area contributed by atoms with E-state index in [0.29, 0.717) is 6.54 Å². The molecular weight excluding hydrogens is 182 g/mol. The molecule has 78 valence electrons. The molecule has 1 aliphatic rings. The Balaban J connectivity index is 2.56. The number of amides is 1. The van der Waals surface area contributed by atoms with Gasteiger partial charge in [0.1, 0.15) is 11.9 Å². The number of nitrogens with zero attached hydrogens (tertiary/aromatic N) is 1. The van der Waals surface area contributed by atoms with Gasteiger partial charge in [-0.15, -0.1) is 0 Å². The number of ether oxygens (including phenoxy) is 2. The van der Waals surface area contributed by atoms with Crippen molar-refractivity contribution in [1.29, 1.82) is 0 Å². The van der Waals surface area contributed by atoms with Crippen molar-refractivity contribution in [3.8, 4) is 0 Å². The van der Waals surface area contributed by atoms with Gasteiger partial charge < -0.3 is 9.47 Å². The van der Waals surface area contributed by atoms with Gasteiger partial charge in [0.15, 0.2) is 0 Å². The van der Waals surface area contributed by atoms with Crippen molar-refractivity contribution in [2.45, 2.75) is 26.4 Å². The van der Waals surface area contributed by atoms with E-state index in [1.807, 2.05) is 20.8 Å². The monoisotopic (exact) mass is 197 g/mol. The topological polar surface area (TPSA) is 38.8 Å². The Hall–Kier alpha value is -1.45. The van der Waals surface area contributed by atoms with Crippen LogP contribution in [-0.2, 0) is 9.47 Å². The lowest BCUT2D eigenvalue weighted by molar-refractivity contribution is 0.0351. The van der Waals surface area contributed by atoms with Crippen LogP contribution in [0.3, 0.4) is 0 Å². The first-order chi connectivity index (χ1) is 6.49. The van der Waals surface area contributed by atoms with E-state index in [-0.39, 0.29) is 6.09 Å². The van der Waals surface area contributed by atoms with Crippen molar-refractivity contribution in [2.75, 3.05) is 6.54 Å². The SMILES string of the molecule is CC(C)(C)OC(=O)N1C=COC=CC1. The highest BCUT2D eigenvalue weighted by molar-refractivity contribution is 5.69. The van der Waals surface area contributed by atoms with E-state index in [1.54, 1.807) is 12.3 Å². The Bertz CT molecular complexity index is 263. The fourth-order valence-electron chi connectivity index (χ4n) is 0.883. The molecule has 4 nitrogen and oxygen atoms in total. The van der Waals surface area contributed by atoms with E-state index >= 15 is 0 Å². The molecule has 0 fully saturated rings. The lowest BCUT2D eigenvalue weighted by atomic mass is 10.2. The first-order valence-electron chi connectivity index (χ1n) is 4.46. The summed E-state index contributed by atoms with van der Waals surface area (Å²) in [6, 6.07) is 0. The molecule has 1 heterocycles. The van der Waals surface area contributed by atoms with Crippen LogP contribution in [0, 0.1) is 0 Å². The molecule has 14 heavy (non-hydrogen) atoms. The molecule has 0 radical (unpaired) electrons. The Labute approximate surface area is 83.8 Å². The first kappa shape index (κ1) is 10.6. The zero-order valence-corrected chi connectivity index (χ0v) is 8.69. The lowest BCUT2D eigenvalue weighted by Crippen LogP contribution is -2.33. The Morgan fingerprint density at radius 1 is 1.43 bits per heavy atom. The molecule has 0 saturated carbocycles. The summed E-state index contributed by atoms with van der Waals surface area (Å²) in [5.41, 5.74) is -0.470. The van der Waals surface area contributed by atoms with Crippen molar-refractivity contribution in [3.63, 3.8) is 0 Å². The lowest BCUT2D eigenvalue weighted by Gasteiger charge is -2.23. The van der Waals surface area contributed by atoms with Crippen molar-refractivity contribution < 1.29 is 14.3 Å². The van der Waals surface area contributed by atoms with E-state index in [2.05, 4.69) is 0 Å². The van der Waals surface area contributed by atoms with Gasteiger partial charge in [-0.3, -0.25) is 4.90 Å². The van der Waals surface area contributed by atoms with E-state index in [0.717, 1.165) is 0 Å². The van der Waals surface area contributed by atoms with Gasteiger partial charge in [0.2, 0.25) is 0 Å². The summed E-state index contributed by atoms with van der Waals surface area (Å²) in [4.78, 5) is 13.0. The summed E-state index contributed by atoms with van der Waals surface area (Å²) in [6.45, 7) is 5.96. The fraction of sp³-hybridized carbons (Fsp3) is 0.500. The highest BCUT2D eigenvalue weighted by Gasteiger charge is 2.20. The third-order valence-corrected chi connectivity index (χ3v) is 1.42. The number of hydrogen-bond donors (Lipinski definition) is 0. The third kappa shape index (κ3) is 3.51. The van der Waals surface area contributed by atoms with Crippen LogP contribution < -0.4 is 0 Å². The summed E-state index contributed by atoms with van der Waals surface area (Å²) >= 11 is 0. The minimum Gasteiger partial charge on any atom is -0.471 e. The maximum atomic E-state index is 11.5. The molecule has 4 heteroatoms. The van der Waals surface area contributed by atoms with E-state index in [1.165, 1.54) is 17.4 Å². The minimum absolute atomic E-state index is 0.371. The van der Waals surface area contributed by atoms with Crippen LogP contribution in [0.5, 0.6) is 0 Å². The first-order valence-corrected chi connectivity index (χ1v) is 4.46. The molecule has 0 atom stereocenters. The molecule has 0 unspecified atom stereocenters. The normalized spacial score (nSPS) is 16.1. The summed E-state index contributed by atoms with van der Waals surface area (Å²) in [7, 11) is 0. The van der Waals surface area contributed by atoms with Gasteiger partial charge in [0.25, 0.3) is 0 Å². The molecule has 0 saturated heterocycles. The Morgan fingerprint density at radius 2 is 2.14 bits per heavy atom. The van der Waals surface area contributed by atoms with Crippen LogP contribution in [0.15, 0.2) is 24.8 Å². The van der Waals surface area contributed by atoms with Crippen molar-refractivity contribution >= 4 is 6.09 Å². The van der Waals surface area contributed by atoms with E-state index in [4.69, 9.17) is 9.47 Å². The predicted molar refractivity (Wildman–Crippen MR) is 52.3 cm³/mol. The van der Waals surface area contributed by atoms with Gasteiger partial charge in [-0.25, -0.2) is 4.79 Å². The molecule has 0 aromatic heterocycles. The number of hydrogen-bond acceptors (Lipinski definition) is 3. The summed E-state index contributed by atoms with van der Waals surface area (Å²) in [5.74, 6) is 0. The molecule has 0 aliphatic carbocycles. The molecule has 0 spiro atoms. The zero-order valence-electron chi connectivity index (χ0n) is 8.69. The van der Waals surface area contributed by atoms with Gasteiger partial charge in [0, 0.05) is 6.20 Å². The predicted octanol–water partition coefficient (Wildman–Crippen LogP) is 2.24. The quantitative estimate of drug-likeness (QED) is 0.597. The number of carbonyl (C=O) groups is 1. The third-order valence-electron chi connectivity index (χ3n) is 1.42. The molecule has 1 rings (SSSR count). The van der Waals surface area contributed by atoms with Gasteiger partial charge in [-0.05, 0) is 26.8 Å². The smallest absolute Gasteiger partial charge is 0.414 e. The Morgan fingerprint density at radius 3 is 2.79 bits per heavy atom. The van der Waals surface area contributed by atoms with Crippen LogP contribution in [0.4, 0.5) is 4.79 Å². The highest BCUT2D eigenvalue weighted by atomic mass is 16.6. The second-order valence-corrected chi connectivity index (χ2v) is 3.93. The number of carbonyl (C=O) groups excluding carboxylic acids is 1. The second kappa shape index (κ2) is 4.17. The standard InChI is InChI=1S/C10H15NO3/c1-10(2,3)14-9(12)11-5-4-7-13-8-6-11/h4,6-8H,5H2,1-3H3. The molecule has 1 amide bonds. The summed E-state index contributed by atoms with van der Waals surface area (Å²) in [5, 5.41) is 0.